The van der Waals surface area contributed by atoms with Crippen molar-refractivity contribution in [1.82, 2.24) is 0 Å². The number of nitrogens with two attached hydrogens (primary N) is 1. The summed E-state index contributed by atoms with van der Waals surface area (Å²) >= 11 is 3.10. The average Bonchev–Trinajstić information content (AvgIpc) is 1.65. The van der Waals surface area contributed by atoms with Gasteiger partial charge in [0, 0.05) is 0 Å². The maximum Gasteiger partial charge on any atom is 0.280 e. The van der Waals surface area contributed by atoms with Crippen LogP contribution in [-0.4, -0.2) is 17.7 Å². The minimum absolute atomic E-state index is 0.295. The summed E-state index contributed by atoms with van der Waals surface area (Å²) in [5, 5.41) is 0. The Morgan fingerprint density at radius 1 is 2.00 bits per heavy atom. The predicted octanol–water partition coefficient (Wildman–Crippen LogP) is -2.91. The Hall–Kier alpha value is -0.220. The lowest BCUT2D eigenvalue weighted by molar-refractivity contribution is -0.395. The van der Waals surface area contributed by atoms with E-state index < -0.39 is 0 Å². The van der Waals surface area contributed by atoms with Crippen LogP contribution in [-0.2, 0) is 17.4 Å². The number of hydrogen-bond acceptors (Lipinski definition) is 1. The van der Waals surface area contributed by atoms with Crippen LogP contribution >= 0.6 is 0 Å². The lowest BCUT2D eigenvalue weighted by Crippen LogP contribution is -2.68. The highest BCUT2D eigenvalue weighted by molar-refractivity contribution is 7.58. The summed E-state index contributed by atoms with van der Waals surface area (Å²) in [5.74, 6) is 0.171. The number of carbonyl (C=O) groups excluding carboxylic acids is 1. The molecule has 0 radical (unpaired) electrons. The van der Waals surface area contributed by atoms with E-state index in [0.717, 1.165) is 0 Å². The number of quaternary nitrogens is 1. The lowest BCUT2D eigenvalue weighted by atomic mass is 10.4. The minimum atomic E-state index is -0.366. The Balaban J connectivity index is 3.34. The largest absolute Gasteiger partial charge is 0.364 e. The number of primary amides is 1. The Morgan fingerprint density at radius 2 is 2.43 bits per heavy atom. The fraction of sp³-hybridized carbons (Fsp3) is 0.667. The molecule has 0 rings (SSSR count). The van der Waals surface area contributed by atoms with Crippen molar-refractivity contribution >= 4 is 18.5 Å². The molecule has 1 amide bonds. The standard InChI is InChI=1S/C3H8N2OS/c4-2(1-7)3(5)6/h2,7H,1,4H2,(H2,5,6)/p+2/t2-/m0/s1. The fourth-order valence-electron chi connectivity index (χ4n) is 0.101. The van der Waals surface area contributed by atoms with E-state index in [4.69, 9.17) is 5.73 Å². The topological polar surface area (TPSA) is 70.7 Å². The monoisotopic (exact) mass is 122 g/mol. The van der Waals surface area contributed by atoms with E-state index >= 15 is 0 Å². The van der Waals surface area contributed by atoms with Crippen LogP contribution in [0.25, 0.3) is 0 Å². The molecule has 1 atom stereocenters. The molecule has 0 saturated heterocycles. The molecule has 42 valence electrons. The molecule has 0 spiro atoms. The van der Waals surface area contributed by atoms with Gasteiger partial charge >= 0.3 is 0 Å². The van der Waals surface area contributed by atoms with Crippen LogP contribution in [0.15, 0.2) is 0 Å². The second-order valence-corrected chi connectivity index (χ2v) is 1.71. The summed E-state index contributed by atoms with van der Waals surface area (Å²) in [4.78, 5) is 10.1. The Morgan fingerprint density at radius 3 is 2.43 bits per heavy atom. The van der Waals surface area contributed by atoms with Crippen LogP contribution in [0, 0.1) is 0 Å². The third-order valence-electron chi connectivity index (χ3n) is 0.649. The molecule has 0 aliphatic rings. The summed E-state index contributed by atoms with van der Waals surface area (Å²) in [5.41, 5.74) is 8.25. The molecule has 0 aromatic rings. The van der Waals surface area contributed by atoms with Gasteiger partial charge in [0.1, 0.15) is 0 Å². The maximum absolute atomic E-state index is 10.1. The lowest BCUT2D eigenvalue weighted by Gasteiger charge is -1.90. The molecule has 7 heavy (non-hydrogen) atoms. The van der Waals surface area contributed by atoms with Gasteiger partial charge in [0.2, 0.25) is 6.04 Å². The van der Waals surface area contributed by atoms with E-state index in [1.165, 1.54) is 0 Å². The van der Waals surface area contributed by atoms with Crippen molar-refractivity contribution in [1.29, 1.82) is 0 Å². The predicted molar refractivity (Wildman–Crippen MR) is 30.9 cm³/mol. The van der Waals surface area contributed by atoms with Gasteiger partial charge in [-0.2, -0.15) is 0 Å². The molecule has 0 fully saturated rings. The summed E-state index contributed by atoms with van der Waals surface area (Å²) < 4.78 is 0. The van der Waals surface area contributed by atoms with Gasteiger partial charge in [-0.3, -0.25) is 4.79 Å². The van der Waals surface area contributed by atoms with Crippen LogP contribution in [0.2, 0.25) is 0 Å². The molecule has 0 bridgehead atoms. The van der Waals surface area contributed by atoms with Crippen molar-refractivity contribution < 1.29 is 10.5 Å². The van der Waals surface area contributed by atoms with Gasteiger partial charge in [-0.15, -0.1) is 0 Å². The van der Waals surface area contributed by atoms with Gasteiger partial charge in [0.25, 0.3) is 5.91 Å². The number of hydrogen-bond donors (Lipinski definition) is 2. The summed E-state index contributed by atoms with van der Waals surface area (Å²) in [7, 11) is 0. The van der Waals surface area contributed by atoms with Gasteiger partial charge in [0.15, 0.2) is 5.75 Å². The van der Waals surface area contributed by atoms with Gasteiger partial charge in [-0.1, -0.05) is 0 Å². The molecular formula is C3H10N2OS+2. The van der Waals surface area contributed by atoms with Crippen LogP contribution < -0.4 is 11.5 Å². The van der Waals surface area contributed by atoms with Crippen molar-refractivity contribution in [2.75, 3.05) is 5.75 Å². The Kier molecular flexibility index (Phi) is 2.78. The van der Waals surface area contributed by atoms with E-state index in [1.54, 1.807) is 0 Å². The smallest absolute Gasteiger partial charge is 0.280 e. The molecular weight excluding hydrogens is 112 g/mol. The van der Waals surface area contributed by atoms with Crippen LogP contribution in [0.5, 0.6) is 0 Å². The van der Waals surface area contributed by atoms with Gasteiger partial charge in [0.05, 0.1) is 0 Å². The highest BCUT2D eigenvalue weighted by atomic mass is 32.1. The van der Waals surface area contributed by atoms with Gasteiger partial charge in [-0.05, 0) is 12.6 Å². The van der Waals surface area contributed by atoms with Crippen molar-refractivity contribution in [3.05, 3.63) is 0 Å². The quantitative estimate of drug-likeness (QED) is 0.379. The summed E-state index contributed by atoms with van der Waals surface area (Å²) in [6.45, 7) is 0. The van der Waals surface area contributed by atoms with Gasteiger partial charge in [-0.25, -0.2) is 0 Å². The molecule has 0 heterocycles. The molecule has 3 nitrogen and oxygen atoms in total. The number of rotatable bonds is 2. The normalized spacial score (nSPS) is 13.4. The van der Waals surface area contributed by atoms with E-state index in [0.29, 0.717) is 5.75 Å². The van der Waals surface area contributed by atoms with Crippen molar-refractivity contribution in [3.8, 4) is 0 Å². The minimum Gasteiger partial charge on any atom is -0.364 e. The van der Waals surface area contributed by atoms with E-state index in [9.17, 15) is 4.79 Å². The number of amides is 1. The first-order chi connectivity index (χ1) is 3.18. The first-order valence-corrected chi connectivity index (χ1v) is 2.66. The first kappa shape index (κ1) is 6.78. The van der Waals surface area contributed by atoms with Crippen molar-refractivity contribution in [2.45, 2.75) is 6.04 Å². The fourth-order valence-corrected chi connectivity index (χ4v) is 0.302. The zero-order chi connectivity index (χ0) is 5.86. The van der Waals surface area contributed by atoms with E-state index in [1.807, 2.05) is 0 Å². The molecule has 4 heteroatoms. The van der Waals surface area contributed by atoms with Crippen LogP contribution in [0.1, 0.15) is 0 Å². The molecule has 0 unspecified atom stereocenters. The second-order valence-electron chi connectivity index (χ2n) is 1.30. The molecule has 0 aliphatic carbocycles. The third-order valence-corrected chi connectivity index (χ3v) is 1.14. The zero-order valence-electron chi connectivity index (χ0n) is 3.98. The highest BCUT2D eigenvalue weighted by Crippen LogP contribution is 1.66. The Labute approximate surface area is 47.5 Å². The van der Waals surface area contributed by atoms with Crippen molar-refractivity contribution in [2.24, 2.45) is 5.73 Å². The SMILES string of the molecule is NC(=O)[C@@H]([NH3+])C[SH2+]. The second kappa shape index (κ2) is 2.87. The van der Waals surface area contributed by atoms with Gasteiger partial charge < -0.3 is 11.5 Å². The van der Waals surface area contributed by atoms with E-state index in [2.05, 4.69) is 18.4 Å². The molecule has 5 N–H and O–H groups in total. The molecule has 0 saturated carbocycles. The van der Waals surface area contributed by atoms with Crippen LogP contribution in [0.4, 0.5) is 0 Å². The molecule has 0 aliphatic heterocycles. The summed E-state index contributed by atoms with van der Waals surface area (Å²) in [6, 6.07) is -0.295. The number of carbonyl (C=O) groups is 1. The Bertz CT molecular complexity index is 75.3. The third kappa shape index (κ3) is 2.47. The summed E-state index contributed by atoms with van der Waals surface area (Å²) in [6.07, 6.45) is 0. The zero-order valence-corrected chi connectivity index (χ0v) is 4.98. The molecule has 0 aromatic heterocycles. The highest BCUT2D eigenvalue weighted by Gasteiger charge is 2.11. The maximum atomic E-state index is 10.1. The van der Waals surface area contributed by atoms with E-state index in [-0.39, 0.29) is 11.9 Å². The molecule has 0 aromatic carbocycles. The first-order valence-electron chi connectivity index (χ1n) is 1.95. The average molecular weight is 122 g/mol. The van der Waals surface area contributed by atoms with Crippen LogP contribution in [0.3, 0.4) is 0 Å². The van der Waals surface area contributed by atoms with Crippen molar-refractivity contribution in [3.63, 3.8) is 0 Å².